The molecule has 8 heteroatoms. The first kappa shape index (κ1) is 20.6. The molecule has 0 saturated heterocycles. The summed E-state index contributed by atoms with van der Waals surface area (Å²) in [4.78, 5) is 21.3. The summed E-state index contributed by atoms with van der Waals surface area (Å²) < 4.78 is 1.12. The summed E-state index contributed by atoms with van der Waals surface area (Å²) in [6, 6.07) is 18.8. The molecular formula is C26H23N7S. The highest BCUT2D eigenvalue weighted by atomic mass is 32.1. The summed E-state index contributed by atoms with van der Waals surface area (Å²) in [6.07, 6.45) is 7.49. The molecule has 6 rings (SSSR count). The van der Waals surface area contributed by atoms with Gasteiger partial charge >= 0.3 is 0 Å². The number of H-pyrrole nitrogens is 1. The van der Waals surface area contributed by atoms with Crippen LogP contribution in [-0.4, -0.2) is 39.2 Å². The maximum atomic E-state index is 4.73. The molecule has 0 radical (unpaired) electrons. The van der Waals surface area contributed by atoms with Crippen molar-refractivity contribution in [2.75, 3.05) is 23.7 Å². The number of aromatic amines is 1. The molecule has 168 valence electrons. The molecule has 0 saturated carbocycles. The first-order valence-electron chi connectivity index (χ1n) is 11.3. The van der Waals surface area contributed by atoms with E-state index in [1.807, 2.05) is 24.4 Å². The van der Waals surface area contributed by atoms with Gasteiger partial charge in [-0.25, -0.2) is 15.0 Å². The van der Waals surface area contributed by atoms with Crippen LogP contribution in [0.25, 0.3) is 26.8 Å². The van der Waals surface area contributed by atoms with E-state index in [9.17, 15) is 0 Å². The van der Waals surface area contributed by atoms with Crippen molar-refractivity contribution in [2.24, 2.45) is 4.99 Å². The standard InChI is InChI=1S/C26H23N7S/c1-2-4-17(5-3-1)8-13-28-26-33-21-7-6-19(14-23(21)34-26)31-24-20-15-22(18-9-11-27-12-10-18)32-25(20)30-16-29-24/h1-7,9,12,14-16H,8,10-11,13H2,(H,28,33)(H2,29,30,31,32). The quantitative estimate of drug-likeness (QED) is 0.282. The lowest BCUT2D eigenvalue weighted by molar-refractivity contribution is 1.02. The van der Waals surface area contributed by atoms with Gasteiger partial charge in [-0.1, -0.05) is 47.7 Å². The Morgan fingerprint density at radius 3 is 2.85 bits per heavy atom. The van der Waals surface area contributed by atoms with Crippen LogP contribution < -0.4 is 10.6 Å². The van der Waals surface area contributed by atoms with Gasteiger partial charge in [-0.05, 0) is 41.8 Å². The van der Waals surface area contributed by atoms with E-state index in [4.69, 9.17) is 4.98 Å². The molecule has 0 spiro atoms. The third-order valence-corrected chi connectivity index (χ3v) is 6.81. The zero-order valence-corrected chi connectivity index (χ0v) is 19.3. The number of aromatic nitrogens is 4. The number of aliphatic imine (C=N–C) groups is 1. The molecule has 0 unspecified atom stereocenters. The highest BCUT2D eigenvalue weighted by Crippen LogP contribution is 2.31. The molecule has 3 aromatic heterocycles. The third-order valence-electron chi connectivity index (χ3n) is 5.84. The molecule has 3 N–H and O–H groups in total. The van der Waals surface area contributed by atoms with Gasteiger partial charge in [0.25, 0.3) is 0 Å². The van der Waals surface area contributed by atoms with Crippen LogP contribution in [0.15, 0.2) is 72.0 Å². The minimum atomic E-state index is 0.722. The van der Waals surface area contributed by atoms with E-state index >= 15 is 0 Å². The van der Waals surface area contributed by atoms with Gasteiger partial charge in [0.2, 0.25) is 0 Å². The van der Waals surface area contributed by atoms with Gasteiger partial charge < -0.3 is 15.6 Å². The summed E-state index contributed by atoms with van der Waals surface area (Å²) >= 11 is 1.66. The second-order valence-electron chi connectivity index (χ2n) is 8.14. The van der Waals surface area contributed by atoms with Gasteiger partial charge in [0.1, 0.15) is 17.8 Å². The van der Waals surface area contributed by atoms with Gasteiger partial charge in [-0.3, -0.25) is 4.99 Å². The van der Waals surface area contributed by atoms with Crippen molar-refractivity contribution in [3.8, 4) is 0 Å². The zero-order chi connectivity index (χ0) is 22.7. The molecule has 0 amide bonds. The van der Waals surface area contributed by atoms with E-state index in [1.54, 1.807) is 17.7 Å². The lowest BCUT2D eigenvalue weighted by Gasteiger charge is -2.06. The van der Waals surface area contributed by atoms with Crippen LogP contribution in [0.2, 0.25) is 0 Å². The summed E-state index contributed by atoms with van der Waals surface area (Å²) in [5, 5.41) is 8.83. The number of nitrogens with zero attached hydrogens (tertiary/aromatic N) is 4. The first-order chi connectivity index (χ1) is 16.8. The minimum absolute atomic E-state index is 0.722. The maximum Gasteiger partial charge on any atom is 0.183 e. The number of nitrogens with one attached hydrogen (secondary N) is 3. The van der Waals surface area contributed by atoms with Crippen LogP contribution in [-0.2, 0) is 6.42 Å². The largest absolute Gasteiger partial charge is 0.361 e. The lowest BCUT2D eigenvalue weighted by atomic mass is 10.1. The van der Waals surface area contributed by atoms with Gasteiger partial charge in [-0.15, -0.1) is 0 Å². The highest BCUT2D eigenvalue weighted by Gasteiger charge is 2.12. The van der Waals surface area contributed by atoms with Crippen LogP contribution in [0.5, 0.6) is 0 Å². The molecule has 4 heterocycles. The SMILES string of the molecule is C1=NCC=C(c2cc3c(Nc4ccc5nc(NCCc6ccccc6)sc5c4)ncnc3[nH]2)C1. The van der Waals surface area contributed by atoms with E-state index in [0.717, 1.165) is 69.5 Å². The average molecular weight is 466 g/mol. The van der Waals surface area contributed by atoms with E-state index in [2.05, 4.69) is 73.1 Å². The number of dihydropyridines is 1. The highest BCUT2D eigenvalue weighted by molar-refractivity contribution is 7.22. The van der Waals surface area contributed by atoms with Crippen LogP contribution in [0.1, 0.15) is 17.7 Å². The van der Waals surface area contributed by atoms with Crippen LogP contribution in [0, 0.1) is 0 Å². The number of rotatable bonds is 7. The summed E-state index contributed by atoms with van der Waals surface area (Å²) in [6.45, 7) is 1.57. The Morgan fingerprint density at radius 2 is 1.97 bits per heavy atom. The second-order valence-corrected chi connectivity index (χ2v) is 9.17. The predicted octanol–water partition coefficient (Wildman–Crippen LogP) is 5.82. The monoisotopic (exact) mass is 465 g/mol. The van der Waals surface area contributed by atoms with Crippen molar-refractivity contribution >= 4 is 61.0 Å². The predicted molar refractivity (Wildman–Crippen MR) is 141 cm³/mol. The Labute approximate surface area is 200 Å². The molecule has 0 aliphatic carbocycles. The minimum Gasteiger partial charge on any atom is -0.361 e. The van der Waals surface area contributed by atoms with Crippen molar-refractivity contribution in [2.45, 2.75) is 12.8 Å². The average Bonchev–Trinajstić information content (AvgIpc) is 3.50. The topological polar surface area (TPSA) is 90.9 Å². The molecule has 5 aromatic rings. The molecule has 0 atom stereocenters. The van der Waals surface area contributed by atoms with Crippen LogP contribution in [0.4, 0.5) is 16.6 Å². The van der Waals surface area contributed by atoms with Gasteiger partial charge in [0.15, 0.2) is 5.13 Å². The molecule has 2 aromatic carbocycles. The summed E-state index contributed by atoms with van der Waals surface area (Å²) in [5.74, 6) is 0.780. The molecule has 1 aliphatic heterocycles. The van der Waals surface area contributed by atoms with Crippen molar-refractivity contribution in [1.82, 2.24) is 19.9 Å². The first-order valence-corrected chi connectivity index (χ1v) is 12.1. The number of benzene rings is 2. The van der Waals surface area contributed by atoms with Crippen LogP contribution in [0.3, 0.4) is 0 Å². The fourth-order valence-electron chi connectivity index (χ4n) is 4.09. The Kier molecular flexibility index (Phi) is 5.48. The summed E-state index contributed by atoms with van der Waals surface area (Å²) in [5.41, 5.74) is 6.39. The van der Waals surface area contributed by atoms with E-state index < -0.39 is 0 Å². The molecular weight excluding hydrogens is 442 g/mol. The van der Waals surface area contributed by atoms with Crippen molar-refractivity contribution < 1.29 is 0 Å². The fraction of sp³-hybridized carbons (Fsp3) is 0.154. The Hall–Kier alpha value is -4.04. The van der Waals surface area contributed by atoms with Gasteiger partial charge in [0.05, 0.1) is 22.1 Å². The number of hydrogen-bond acceptors (Lipinski definition) is 7. The number of fused-ring (bicyclic) bond motifs is 2. The van der Waals surface area contributed by atoms with E-state index in [1.165, 1.54) is 11.1 Å². The van der Waals surface area contributed by atoms with Gasteiger partial charge in [-0.2, -0.15) is 0 Å². The maximum absolute atomic E-state index is 4.73. The van der Waals surface area contributed by atoms with Crippen molar-refractivity contribution in [3.05, 3.63) is 78.3 Å². The lowest BCUT2D eigenvalue weighted by Crippen LogP contribution is -2.04. The van der Waals surface area contributed by atoms with Gasteiger partial charge in [0, 0.05) is 30.6 Å². The Bertz CT molecular complexity index is 1510. The van der Waals surface area contributed by atoms with Crippen molar-refractivity contribution in [1.29, 1.82) is 0 Å². The number of hydrogen-bond donors (Lipinski definition) is 3. The molecule has 7 nitrogen and oxygen atoms in total. The second kappa shape index (κ2) is 9.07. The number of anilines is 3. The smallest absolute Gasteiger partial charge is 0.183 e. The third kappa shape index (κ3) is 4.27. The Balaban J connectivity index is 1.20. The fourth-order valence-corrected chi connectivity index (χ4v) is 5.02. The van der Waals surface area contributed by atoms with E-state index in [0.29, 0.717) is 0 Å². The number of thiazole rings is 1. The normalized spacial score (nSPS) is 13.4. The molecule has 34 heavy (non-hydrogen) atoms. The van der Waals surface area contributed by atoms with Crippen molar-refractivity contribution in [3.63, 3.8) is 0 Å². The summed E-state index contributed by atoms with van der Waals surface area (Å²) in [7, 11) is 0. The van der Waals surface area contributed by atoms with E-state index in [-0.39, 0.29) is 0 Å². The molecule has 0 fully saturated rings. The number of allylic oxidation sites excluding steroid dienone is 1. The van der Waals surface area contributed by atoms with Crippen LogP contribution >= 0.6 is 11.3 Å². The molecule has 1 aliphatic rings. The zero-order valence-electron chi connectivity index (χ0n) is 18.5. The Morgan fingerprint density at radius 1 is 1.03 bits per heavy atom. The molecule has 0 bridgehead atoms.